The summed E-state index contributed by atoms with van der Waals surface area (Å²) in [5.74, 6) is 0.742. The third-order valence-corrected chi connectivity index (χ3v) is 6.20. The van der Waals surface area contributed by atoms with Crippen molar-refractivity contribution in [3.63, 3.8) is 0 Å². The van der Waals surface area contributed by atoms with Gasteiger partial charge < -0.3 is 14.8 Å². The molecule has 186 valence electrons. The summed E-state index contributed by atoms with van der Waals surface area (Å²) < 4.78 is 5.00. The van der Waals surface area contributed by atoms with Gasteiger partial charge in [-0.05, 0) is 92.7 Å². The first-order valence-electron chi connectivity index (χ1n) is 12.3. The third-order valence-electron chi connectivity index (χ3n) is 6.20. The van der Waals surface area contributed by atoms with Crippen LogP contribution in [0.3, 0.4) is 0 Å². The van der Waals surface area contributed by atoms with Gasteiger partial charge in [-0.3, -0.25) is 10.3 Å². The van der Waals surface area contributed by atoms with Crippen LogP contribution in [-0.2, 0) is 12.8 Å². The maximum absolute atomic E-state index is 9.59. The van der Waals surface area contributed by atoms with Gasteiger partial charge in [0.05, 0.1) is 31.0 Å². The van der Waals surface area contributed by atoms with Gasteiger partial charge >= 0.3 is 0 Å². The molecule has 4 rings (SSSR count). The second kappa shape index (κ2) is 14.6. The normalized spacial score (nSPS) is 16.9. The second-order valence-electron chi connectivity index (χ2n) is 8.44. The van der Waals surface area contributed by atoms with E-state index in [1.165, 1.54) is 56.9 Å². The van der Waals surface area contributed by atoms with Crippen LogP contribution in [0.1, 0.15) is 49.8 Å². The van der Waals surface area contributed by atoms with Crippen LogP contribution in [0.2, 0.25) is 0 Å². The van der Waals surface area contributed by atoms with Crippen LogP contribution in [0.5, 0.6) is 5.75 Å². The Bertz CT molecular complexity index is 890. The van der Waals surface area contributed by atoms with Crippen LogP contribution in [0, 0.1) is 11.3 Å². The summed E-state index contributed by atoms with van der Waals surface area (Å²) in [4.78, 5) is 2.64. The lowest BCUT2D eigenvalue weighted by Crippen LogP contribution is -2.37. The smallest absolute Gasteiger partial charge is 0.119 e. The van der Waals surface area contributed by atoms with Crippen molar-refractivity contribution in [2.24, 2.45) is 0 Å². The molecule has 1 unspecified atom stereocenters. The molecule has 2 aromatic rings. The summed E-state index contributed by atoms with van der Waals surface area (Å²) in [5, 5.41) is 29.5. The second-order valence-corrected chi connectivity index (χ2v) is 8.44. The monoisotopic (exact) mass is 468 g/mol. The molecule has 1 heterocycles. The number of hydroxylamine groups is 3. The van der Waals surface area contributed by atoms with Gasteiger partial charge in [0.1, 0.15) is 5.75 Å². The first-order chi connectivity index (χ1) is 16.5. The van der Waals surface area contributed by atoms with Gasteiger partial charge in [0.15, 0.2) is 0 Å². The number of nitrogens with zero attached hydrogens (tertiary/aromatic N) is 4. The van der Waals surface area contributed by atoms with E-state index in [1.54, 1.807) is 31.4 Å². The summed E-state index contributed by atoms with van der Waals surface area (Å²) in [6.45, 7) is 7.25. The van der Waals surface area contributed by atoms with E-state index < -0.39 is 0 Å². The molecule has 0 radical (unpaired) electrons. The predicted molar refractivity (Wildman–Crippen MR) is 136 cm³/mol. The van der Waals surface area contributed by atoms with Gasteiger partial charge in [-0.25, -0.2) is 0 Å². The summed E-state index contributed by atoms with van der Waals surface area (Å²) in [6.07, 6.45) is 6.34. The first kappa shape index (κ1) is 27.6. The third kappa shape index (κ3) is 8.30. The zero-order valence-corrected chi connectivity index (χ0v) is 21.1. The van der Waals surface area contributed by atoms with E-state index in [0.29, 0.717) is 18.8 Å². The Balaban J connectivity index is 0.000000226. The molecule has 1 saturated heterocycles. The Hall–Kier alpha value is -2.63. The largest absolute Gasteiger partial charge is 0.497 e. The van der Waals surface area contributed by atoms with E-state index in [-0.39, 0.29) is 0 Å². The summed E-state index contributed by atoms with van der Waals surface area (Å²) in [7, 11) is 3.12. The van der Waals surface area contributed by atoms with Gasteiger partial charge in [-0.1, -0.05) is 19.9 Å². The molecule has 1 aliphatic heterocycles. The average Bonchev–Trinajstić information content (AvgIpc) is 3.43. The van der Waals surface area contributed by atoms with E-state index in [9.17, 15) is 5.21 Å². The number of likely N-dealkylation sites (tertiary alicyclic amines) is 1. The fourth-order valence-electron chi connectivity index (χ4n) is 4.35. The number of likely N-dealkylation sites (N-methyl/N-ethyl adjacent to an activating group) is 1. The van der Waals surface area contributed by atoms with Crippen molar-refractivity contribution in [3.8, 4) is 11.8 Å². The van der Waals surface area contributed by atoms with E-state index in [4.69, 9.17) is 15.2 Å². The van der Waals surface area contributed by atoms with Crippen molar-refractivity contribution in [2.45, 2.75) is 52.0 Å². The highest BCUT2D eigenvalue weighted by Gasteiger charge is 2.26. The van der Waals surface area contributed by atoms with Crippen molar-refractivity contribution < 1.29 is 15.2 Å². The predicted octanol–water partition coefficient (Wildman–Crippen LogP) is 4.75. The van der Waals surface area contributed by atoms with Crippen molar-refractivity contribution in [1.82, 2.24) is 9.96 Å². The molecule has 0 saturated carbocycles. The minimum absolute atomic E-state index is 0.333. The van der Waals surface area contributed by atoms with Crippen LogP contribution in [-0.4, -0.2) is 66.8 Å². The summed E-state index contributed by atoms with van der Waals surface area (Å²) in [5.41, 5.74) is 4.34. The molecule has 0 amide bonds. The number of fused-ring (bicyclic) bond motifs is 1. The Labute approximate surface area is 204 Å². The molecule has 1 atom stereocenters. The molecule has 7 nitrogen and oxygen atoms in total. The number of benzene rings is 2. The lowest BCUT2D eigenvalue weighted by Gasteiger charge is -2.32. The van der Waals surface area contributed by atoms with Gasteiger partial charge in [-0.2, -0.15) is 10.3 Å². The van der Waals surface area contributed by atoms with Crippen LogP contribution in [0.4, 0.5) is 5.69 Å². The lowest BCUT2D eigenvalue weighted by atomic mass is 9.86. The quantitative estimate of drug-likeness (QED) is 0.592. The molecule has 1 fully saturated rings. The van der Waals surface area contributed by atoms with Crippen LogP contribution >= 0.6 is 0 Å². The number of methoxy groups -OCH3 is 1. The molecular weight excluding hydrogens is 428 g/mol. The number of anilines is 1. The maximum Gasteiger partial charge on any atom is 0.119 e. The molecule has 2 N–H and O–H groups in total. The van der Waals surface area contributed by atoms with Crippen LogP contribution < -0.4 is 9.80 Å². The number of hydrogen-bond donors (Lipinski definition) is 2. The van der Waals surface area contributed by atoms with E-state index in [1.807, 2.05) is 19.9 Å². The molecule has 0 aromatic heterocycles. The number of hydrogen-bond acceptors (Lipinski definition) is 7. The maximum atomic E-state index is 9.59. The average molecular weight is 469 g/mol. The van der Waals surface area contributed by atoms with Crippen LogP contribution in [0.15, 0.2) is 42.5 Å². The zero-order valence-electron chi connectivity index (χ0n) is 21.1. The molecular formula is C27H40N4O3. The highest BCUT2D eigenvalue weighted by atomic mass is 16.5. The highest BCUT2D eigenvalue weighted by Crippen LogP contribution is 2.27. The number of ether oxygens (including phenoxy) is 1. The number of rotatable bonds is 6. The van der Waals surface area contributed by atoms with Gasteiger partial charge in [0, 0.05) is 19.6 Å². The Morgan fingerprint density at radius 2 is 1.71 bits per heavy atom. The standard InChI is InChI=1S/C15H18N2.C10H16N2O3.C2H6/c16-11-12-3-4-13-5-6-15(10-14(13)9-12)17-7-1-2-8-17;1-11(13)7-8-12(14)9-3-5-10(15-2)6-4-9;1-2/h3-4,9,15H,1-2,5-8,10H2;3-6,13-14H,7-8H2,1-2H3;1-2H3. The number of aryl methyl sites for hydroxylation is 1. The van der Waals surface area contributed by atoms with Gasteiger partial charge in [0.2, 0.25) is 0 Å². The molecule has 2 aliphatic rings. The lowest BCUT2D eigenvalue weighted by molar-refractivity contribution is -0.0647. The van der Waals surface area contributed by atoms with Crippen molar-refractivity contribution >= 4 is 5.69 Å². The fraction of sp³-hybridized carbons (Fsp3) is 0.519. The summed E-state index contributed by atoms with van der Waals surface area (Å²) in [6, 6.07) is 16.2. The Kier molecular flexibility index (Phi) is 11.9. The Morgan fingerprint density at radius 3 is 2.29 bits per heavy atom. The van der Waals surface area contributed by atoms with Crippen molar-refractivity contribution in [3.05, 3.63) is 59.2 Å². The molecule has 7 heteroatoms. The van der Waals surface area contributed by atoms with Gasteiger partial charge in [0.25, 0.3) is 0 Å². The fourth-order valence-corrected chi connectivity index (χ4v) is 4.35. The topological polar surface area (TPSA) is 83.2 Å². The van der Waals surface area contributed by atoms with E-state index in [2.05, 4.69) is 23.1 Å². The van der Waals surface area contributed by atoms with E-state index in [0.717, 1.165) is 33.9 Å². The molecule has 0 bridgehead atoms. The molecule has 2 aromatic carbocycles. The SMILES string of the molecule is CC.COc1ccc(N(O)CCN(C)O)cc1.N#Cc1ccc2c(c1)CC(N1CCCC1)CC2. The van der Waals surface area contributed by atoms with E-state index >= 15 is 0 Å². The molecule has 34 heavy (non-hydrogen) atoms. The summed E-state index contributed by atoms with van der Waals surface area (Å²) >= 11 is 0. The zero-order chi connectivity index (χ0) is 24.9. The van der Waals surface area contributed by atoms with Crippen LogP contribution in [0.25, 0.3) is 0 Å². The van der Waals surface area contributed by atoms with Crippen molar-refractivity contribution in [2.75, 3.05) is 45.4 Å². The highest BCUT2D eigenvalue weighted by molar-refractivity contribution is 5.46. The van der Waals surface area contributed by atoms with Crippen molar-refractivity contribution in [1.29, 1.82) is 5.26 Å². The Morgan fingerprint density at radius 1 is 1.03 bits per heavy atom. The number of nitriles is 1. The minimum atomic E-state index is 0.333. The van der Waals surface area contributed by atoms with Gasteiger partial charge in [-0.15, -0.1) is 0 Å². The first-order valence-corrected chi connectivity index (χ1v) is 12.3. The molecule has 1 aliphatic carbocycles. The minimum Gasteiger partial charge on any atom is -0.497 e. The molecule has 0 spiro atoms.